The van der Waals surface area contributed by atoms with Gasteiger partial charge in [0.15, 0.2) is 0 Å². The topological polar surface area (TPSA) is 15.3 Å². The van der Waals surface area contributed by atoms with Crippen molar-refractivity contribution in [2.75, 3.05) is 26.2 Å². The quantitative estimate of drug-likeness (QED) is 0.881. The fourth-order valence-corrected chi connectivity index (χ4v) is 3.48. The van der Waals surface area contributed by atoms with Crippen molar-refractivity contribution in [2.45, 2.75) is 32.0 Å². The molecule has 1 heterocycles. The standard InChI is InChI=1S/C20H25F3N2/c1-15-5-7-16(8-6-15)13-25-10-9-24-19(14-25)12-17-3-2-4-18(11-17)20(21,22)23/h2-5,7-8,11,15,19,24H,6,9-10,12-14H2,1H3/t15?,19-/m1/s1. The number of halogens is 3. The number of hydrogen-bond donors (Lipinski definition) is 1. The van der Waals surface area contributed by atoms with Crippen LogP contribution in [0, 0.1) is 5.92 Å². The molecule has 2 atom stereocenters. The first-order valence-corrected chi connectivity index (χ1v) is 8.89. The Morgan fingerprint density at radius 3 is 2.84 bits per heavy atom. The fourth-order valence-electron chi connectivity index (χ4n) is 3.48. The Balaban J connectivity index is 1.58. The summed E-state index contributed by atoms with van der Waals surface area (Å²) in [6, 6.07) is 5.87. The largest absolute Gasteiger partial charge is 0.416 e. The van der Waals surface area contributed by atoms with E-state index in [1.807, 2.05) is 0 Å². The van der Waals surface area contributed by atoms with Gasteiger partial charge in [0.25, 0.3) is 0 Å². The maximum Gasteiger partial charge on any atom is 0.416 e. The zero-order valence-electron chi connectivity index (χ0n) is 14.5. The highest BCUT2D eigenvalue weighted by Gasteiger charge is 2.30. The van der Waals surface area contributed by atoms with Crippen LogP contribution in [0.4, 0.5) is 13.2 Å². The van der Waals surface area contributed by atoms with Gasteiger partial charge in [0.05, 0.1) is 5.56 Å². The van der Waals surface area contributed by atoms with E-state index < -0.39 is 11.7 Å². The molecule has 25 heavy (non-hydrogen) atoms. The van der Waals surface area contributed by atoms with Crippen LogP contribution in [-0.2, 0) is 12.6 Å². The van der Waals surface area contributed by atoms with Crippen molar-refractivity contribution in [3.8, 4) is 0 Å². The van der Waals surface area contributed by atoms with Gasteiger partial charge in [-0.25, -0.2) is 0 Å². The Kier molecular flexibility index (Phi) is 5.64. The molecule has 1 N–H and O–H groups in total. The van der Waals surface area contributed by atoms with E-state index in [1.54, 1.807) is 6.07 Å². The molecule has 1 saturated heterocycles. The minimum Gasteiger partial charge on any atom is -0.311 e. The zero-order valence-corrected chi connectivity index (χ0v) is 14.5. The van der Waals surface area contributed by atoms with Gasteiger partial charge in [-0.1, -0.05) is 43.4 Å². The molecule has 0 radical (unpaired) electrons. The van der Waals surface area contributed by atoms with Gasteiger partial charge in [0.2, 0.25) is 0 Å². The Hall–Kier alpha value is -1.59. The first-order chi connectivity index (χ1) is 11.9. The second-order valence-electron chi connectivity index (χ2n) is 7.14. The lowest BCUT2D eigenvalue weighted by Crippen LogP contribution is -2.51. The molecular weight excluding hydrogens is 325 g/mol. The number of nitrogens with zero attached hydrogens (tertiary/aromatic N) is 1. The van der Waals surface area contributed by atoms with Crippen molar-refractivity contribution < 1.29 is 13.2 Å². The lowest BCUT2D eigenvalue weighted by Gasteiger charge is -2.34. The van der Waals surface area contributed by atoms with Gasteiger partial charge in [-0.3, -0.25) is 4.90 Å². The van der Waals surface area contributed by atoms with Crippen LogP contribution in [0.1, 0.15) is 24.5 Å². The van der Waals surface area contributed by atoms with Crippen molar-refractivity contribution >= 4 is 0 Å². The van der Waals surface area contributed by atoms with Gasteiger partial charge < -0.3 is 5.32 Å². The molecule has 1 aliphatic heterocycles. The monoisotopic (exact) mass is 350 g/mol. The second-order valence-corrected chi connectivity index (χ2v) is 7.14. The summed E-state index contributed by atoms with van der Waals surface area (Å²) >= 11 is 0. The summed E-state index contributed by atoms with van der Waals surface area (Å²) < 4.78 is 38.6. The number of piperazine rings is 1. The molecule has 136 valence electrons. The van der Waals surface area contributed by atoms with Crippen LogP contribution >= 0.6 is 0 Å². The number of rotatable bonds is 4. The first-order valence-electron chi connectivity index (χ1n) is 8.89. The third-order valence-corrected chi connectivity index (χ3v) is 4.87. The van der Waals surface area contributed by atoms with E-state index in [1.165, 1.54) is 17.7 Å². The van der Waals surface area contributed by atoms with Gasteiger partial charge in [-0.15, -0.1) is 0 Å². The molecule has 1 aromatic carbocycles. The van der Waals surface area contributed by atoms with Gasteiger partial charge >= 0.3 is 6.18 Å². The fraction of sp³-hybridized carbons (Fsp3) is 0.500. The summed E-state index contributed by atoms with van der Waals surface area (Å²) in [7, 11) is 0. The molecule has 1 aromatic rings. The highest BCUT2D eigenvalue weighted by atomic mass is 19.4. The first kappa shape index (κ1) is 18.2. The summed E-state index contributed by atoms with van der Waals surface area (Å²) in [5.74, 6) is 0.612. The van der Waals surface area contributed by atoms with Crippen LogP contribution in [0.5, 0.6) is 0 Å². The van der Waals surface area contributed by atoms with Gasteiger partial charge in [-0.2, -0.15) is 13.2 Å². The molecule has 3 rings (SSSR count). The molecule has 1 unspecified atom stereocenters. The molecule has 0 saturated carbocycles. The minimum atomic E-state index is -4.28. The van der Waals surface area contributed by atoms with E-state index in [4.69, 9.17) is 0 Å². The molecule has 1 aliphatic carbocycles. The molecule has 2 nitrogen and oxygen atoms in total. The Morgan fingerprint density at radius 2 is 2.12 bits per heavy atom. The molecule has 0 amide bonds. The number of nitrogens with one attached hydrogen (secondary N) is 1. The van der Waals surface area contributed by atoms with Crippen molar-refractivity contribution in [1.29, 1.82) is 0 Å². The van der Waals surface area contributed by atoms with Crippen LogP contribution in [0.3, 0.4) is 0 Å². The maximum atomic E-state index is 12.9. The third kappa shape index (κ3) is 5.19. The molecular formula is C20H25F3N2. The number of hydrogen-bond acceptors (Lipinski definition) is 2. The Morgan fingerprint density at radius 1 is 1.28 bits per heavy atom. The molecule has 0 aromatic heterocycles. The lowest BCUT2D eigenvalue weighted by atomic mass is 9.97. The van der Waals surface area contributed by atoms with Crippen molar-refractivity contribution in [3.63, 3.8) is 0 Å². The minimum absolute atomic E-state index is 0.185. The van der Waals surface area contributed by atoms with Gasteiger partial charge in [-0.05, 0) is 36.0 Å². The highest BCUT2D eigenvalue weighted by molar-refractivity contribution is 5.27. The van der Waals surface area contributed by atoms with E-state index in [0.717, 1.165) is 44.2 Å². The number of alkyl halides is 3. The molecule has 1 fully saturated rings. The van der Waals surface area contributed by atoms with Gasteiger partial charge in [0.1, 0.15) is 0 Å². The van der Waals surface area contributed by atoms with E-state index >= 15 is 0 Å². The van der Waals surface area contributed by atoms with Crippen molar-refractivity contribution in [1.82, 2.24) is 10.2 Å². The predicted molar refractivity (Wildman–Crippen MR) is 94.4 cm³/mol. The van der Waals surface area contributed by atoms with Crippen LogP contribution in [0.15, 0.2) is 48.1 Å². The average Bonchev–Trinajstić information content (AvgIpc) is 2.57. The second kappa shape index (κ2) is 7.75. The summed E-state index contributed by atoms with van der Waals surface area (Å²) in [6.45, 7) is 5.83. The van der Waals surface area contributed by atoms with Crippen LogP contribution in [-0.4, -0.2) is 37.1 Å². The van der Waals surface area contributed by atoms with Crippen LogP contribution in [0.2, 0.25) is 0 Å². The highest BCUT2D eigenvalue weighted by Crippen LogP contribution is 2.29. The molecule has 5 heteroatoms. The summed E-state index contributed by atoms with van der Waals surface area (Å²) in [4.78, 5) is 2.39. The maximum absolute atomic E-state index is 12.9. The summed E-state index contributed by atoms with van der Waals surface area (Å²) in [6.07, 6.45) is 4.18. The average molecular weight is 350 g/mol. The number of benzene rings is 1. The third-order valence-electron chi connectivity index (χ3n) is 4.87. The predicted octanol–water partition coefficient (Wildman–Crippen LogP) is 4.04. The Labute approximate surface area is 147 Å². The molecule has 0 bridgehead atoms. The lowest BCUT2D eigenvalue weighted by molar-refractivity contribution is -0.137. The van der Waals surface area contributed by atoms with Crippen molar-refractivity contribution in [2.24, 2.45) is 5.92 Å². The van der Waals surface area contributed by atoms with Crippen molar-refractivity contribution in [3.05, 3.63) is 59.2 Å². The molecule has 0 spiro atoms. The smallest absolute Gasteiger partial charge is 0.311 e. The SMILES string of the molecule is CC1C=CC(CN2CCN[C@H](Cc3cccc(C(F)(F)F)c3)C2)=CC1. The van der Waals surface area contributed by atoms with Crippen LogP contribution in [0.25, 0.3) is 0 Å². The molecule has 2 aliphatic rings. The van der Waals surface area contributed by atoms with E-state index in [-0.39, 0.29) is 6.04 Å². The van der Waals surface area contributed by atoms with E-state index in [9.17, 15) is 13.2 Å². The normalized spacial score (nSPS) is 25.0. The number of allylic oxidation sites excluding steroid dienone is 2. The summed E-state index contributed by atoms with van der Waals surface area (Å²) in [5, 5.41) is 3.44. The van der Waals surface area contributed by atoms with Gasteiger partial charge in [0, 0.05) is 32.2 Å². The Bertz CT molecular complexity index is 649. The zero-order chi connectivity index (χ0) is 17.9. The van der Waals surface area contributed by atoms with Crippen LogP contribution < -0.4 is 5.32 Å². The van der Waals surface area contributed by atoms with E-state index in [0.29, 0.717) is 12.3 Å². The summed E-state index contributed by atoms with van der Waals surface area (Å²) in [5.41, 5.74) is 1.52. The van der Waals surface area contributed by atoms with E-state index in [2.05, 4.69) is 35.4 Å².